The van der Waals surface area contributed by atoms with E-state index in [4.69, 9.17) is 10.8 Å². The number of rotatable bonds is 5. The van der Waals surface area contributed by atoms with Crippen LogP contribution < -0.4 is 10.5 Å². The average Bonchev–Trinajstić information content (AvgIpc) is 2.47. The van der Waals surface area contributed by atoms with E-state index >= 15 is 0 Å². The Morgan fingerprint density at radius 3 is 2.08 bits per heavy atom. The summed E-state index contributed by atoms with van der Waals surface area (Å²) in [5, 5.41) is 8.39. The molecule has 0 aliphatic carbocycles. The highest BCUT2D eigenvalue weighted by atomic mass is 32.2. The maximum absolute atomic E-state index is 11.9. The summed E-state index contributed by atoms with van der Waals surface area (Å²) in [5.41, 5.74) is 5.98. The SMILES string of the molecule is C[N+](C)(C)CCO.Nc1ccc(S(=O)(=O)Nc2ncccn2)cc1. The molecule has 8 nitrogen and oxygen atoms in total. The molecule has 0 aliphatic rings. The van der Waals surface area contributed by atoms with Gasteiger partial charge in [-0.05, 0) is 30.3 Å². The zero-order valence-corrected chi connectivity index (χ0v) is 14.9. The van der Waals surface area contributed by atoms with Crippen molar-refractivity contribution in [1.82, 2.24) is 9.97 Å². The maximum Gasteiger partial charge on any atom is 0.264 e. The summed E-state index contributed by atoms with van der Waals surface area (Å²) >= 11 is 0. The van der Waals surface area contributed by atoms with E-state index in [0.29, 0.717) is 5.69 Å². The first-order valence-electron chi connectivity index (χ1n) is 7.21. The van der Waals surface area contributed by atoms with Crippen LogP contribution in [0.1, 0.15) is 0 Å². The van der Waals surface area contributed by atoms with E-state index in [1.54, 1.807) is 6.07 Å². The minimum Gasteiger partial charge on any atom is -0.399 e. The predicted molar refractivity (Wildman–Crippen MR) is 93.7 cm³/mol. The lowest BCUT2D eigenvalue weighted by molar-refractivity contribution is -0.870. The van der Waals surface area contributed by atoms with Crippen LogP contribution in [-0.2, 0) is 10.0 Å². The van der Waals surface area contributed by atoms with Gasteiger partial charge in [-0.3, -0.25) is 0 Å². The molecule has 0 aliphatic heterocycles. The van der Waals surface area contributed by atoms with Crippen molar-refractivity contribution in [1.29, 1.82) is 0 Å². The number of aliphatic hydroxyl groups excluding tert-OH is 1. The molecule has 0 saturated heterocycles. The Hall–Kier alpha value is -2.23. The number of aliphatic hydroxyl groups is 1. The molecule has 24 heavy (non-hydrogen) atoms. The van der Waals surface area contributed by atoms with Gasteiger partial charge in [0.2, 0.25) is 5.95 Å². The summed E-state index contributed by atoms with van der Waals surface area (Å²) in [6, 6.07) is 7.46. The Kier molecular flexibility index (Phi) is 7.08. The van der Waals surface area contributed by atoms with Crippen LogP contribution in [0.4, 0.5) is 11.6 Å². The number of likely N-dealkylation sites (N-methyl/N-ethyl adjacent to an activating group) is 1. The molecule has 0 spiro atoms. The molecule has 4 N–H and O–H groups in total. The fourth-order valence-corrected chi connectivity index (χ4v) is 2.44. The lowest BCUT2D eigenvalue weighted by atomic mass is 10.3. The lowest BCUT2D eigenvalue weighted by Crippen LogP contribution is -2.36. The molecule has 1 aromatic carbocycles. The van der Waals surface area contributed by atoms with Gasteiger partial charge in [-0.25, -0.2) is 23.1 Å². The first-order valence-corrected chi connectivity index (χ1v) is 8.69. The van der Waals surface area contributed by atoms with Gasteiger partial charge < -0.3 is 15.3 Å². The van der Waals surface area contributed by atoms with Crippen molar-refractivity contribution in [3.63, 3.8) is 0 Å². The molecule has 9 heteroatoms. The van der Waals surface area contributed by atoms with E-state index < -0.39 is 10.0 Å². The van der Waals surface area contributed by atoms with Gasteiger partial charge in [-0.2, -0.15) is 0 Å². The number of nitrogens with two attached hydrogens (primary N) is 1. The average molecular weight is 354 g/mol. The zero-order valence-electron chi connectivity index (χ0n) is 14.0. The molecule has 0 radical (unpaired) electrons. The molecule has 0 atom stereocenters. The van der Waals surface area contributed by atoms with Gasteiger partial charge in [0, 0.05) is 18.1 Å². The van der Waals surface area contributed by atoms with Crippen molar-refractivity contribution in [2.24, 2.45) is 0 Å². The van der Waals surface area contributed by atoms with Gasteiger partial charge in [-0.15, -0.1) is 0 Å². The normalized spacial score (nSPS) is 11.3. The number of nitrogen functional groups attached to an aromatic ring is 1. The van der Waals surface area contributed by atoms with E-state index in [0.717, 1.165) is 11.0 Å². The van der Waals surface area contributed by atoms with Gasteiger partial charge in [0.15, 0.2) is 0 Å². The second-order valence-electron chi connectivity index (χ2n) is 5.98. The number of nitrogens with one attached hydrogen (secondary N) is 1. The molecular formula is C15H24N5O3S+. The number of nitrogens with zero attached hydrogens (tertiary/aromatic N) is 3. The summed E-state index contributed by atoms with van der Waals surface area (Å²) < 4.78 is 26.9. The summed E-state index contributed by atoms with van der Waals surface area (Å²) in [4.78, 5) is 7.67. The van der Waals surface area contributed by atoms with Gasteiger partial charge in [0.25, 0.3) is 10.0 Å². The second kappa shape index (κ2) is 8.57. The minimum atomic E-state index is -3.66. The van der Waals surface area contributed by atoms with Crippen molar-refractivity contribution >= 4 is 21.7 Å². The van der Waals surface area contributed by atoms with Gasteiger partial charge >= 0.3 is 0 Å². The Morgan fingerprint density at radius 1 is 1.12 bits per heavy atom. The summed E-state index contributed by atoms with van der Waals surface area (Å²) in [7, 11) is 2.49. The molecule has 0 bridgehead atoms. The third-order valence-corrected chi connectivity index (χ3v) is 4.10. The molecule has 0 unspecified atom stereocenters. The number of quaternary nitrogens is 1. The van der Waals surface area contributed by atoms with Crippen molar-refractivity contribution < 1.29 is 18.0 Å². The Balaban J connectivity index is 0.000000351. The zero-order chi connectivity index (χ0) is 18.2. The molecular weight excluding hydrogens is 330 g/mol. The van der Waals surface area contributed by atoms with Crippen LogP contribution in [0.25, 0.3) is 0 Å². The smallest absolute Gasteiger partial charge is 0.264 e. The lowest BCUT2D eigenvalue weighted by Gasteiger charge is -2.21. The van der Waals surface area contributed by atoms with Crippen molar-refractivity contribution in [2.45, 2.75) is 4.90 Å². The van der Waals surface area contributed by atoms with Crippen LogP contribution in [0.15, 0.2) is 47.6 Å². The number of benzene rings is 1. The van der Waals surface area contributed by atoms with E-state index in [2.05, 4.69) is 35.8 Å². The Morgan fingerprint density at radius 2 is 1.67 bits per heavy atom. The first kappa shape index (κ1) is 19.8. The number of anilines is 2. The van der Waals surface area contributed by atoms with Gasteiger partial charge in [0.1, 0.15) is 6.54 Å². The highest BCUT2D eigenvalue weighted by Crippen LogP contribution is 2.14. The Labute approximate surface area is 142 Å². The van der Waals surface area contributed by atoms with Crippen molar-refractivity contribution in [3.05, 3.63) is 42.7 Å². The third-order valence-electron chi connectivity index (χ3n) is 2.75. The van der Waals surface area contributed by atoms with Crippen LogP contribution in [-0.4, -0.2) is 62.3 Å². The summed E-state index contributed by atoms with van der Waals surface area (Å²) in [5.74, 6) is 0.0318. The Bertz CT molecular complexity index is 713. The minimum absolute atomic E-state index is 0.0318. The topological polar surface area (TPSA) is 118 Å². The number of hydrogen-bond acceptors (Lipinski definition) is 6. The maximum atomic E-state index is 11.9. The number of hydrogen-bond donors (Lipinski definition) is 3. The third kappa shape index (κ3) is 7.36. The van der Waals surface area contributed by atoms with E-state index in [-0.39, 0.29) is 17.5 Å². The molecule has 1 aromatic heterocycles. The molecule has 2 aromatic rings. The van der Waals surface area contributed by atoms with Crippen LogP contribution in [0.3, 0.4) is 0 Å². The van der Waals surface area contributed by atoms with Crippen molar-refractivity contribution in [2.75, 3.05) is 44.8 Å². The highest BCUT2D eigenvalue weighted by molar-refractivity contribution is 7.92. The monoisotopic (exact) mass is 354 g/mol. The molecule has 0 fully saturated rings. The second-order valence-corrected chi connectivity index (χ2v) is 7.67. The quantitative estimate of drug-likeness (QED) is 0.533. The summed E-state index contributed by atoms with van der Waals surface area (Å²) in [6.07, 6.45) is 2.90. The van der Waals surface area contributed by atoms with Gasteiger partial charge in [-0.1, -0.05) is 0 Å². The molecule has 1 heterocycles. The van der Waals surface area contributed by atoms with E-state index in [1.807, 2.05) is 0 Å². The van der Waals surface area contributed by atoms with Crippen molar-refractivity contribution in [3.8, 4) is 0 Å². The van der Waals surface area contributed by atoms with Crippen LogP contribution in [0, 0.1) is 0 Å². The van der Waals surface area contributed by atoms with Crippen LogP contribution in [0.2, 0.25) is 0 Å². The molecule has 132 valence electrons. The van der Waals surface area contributed by atoms with Crippen LogP contribution >= 0.6 is 0 Å². The largest absolute Gasteiger partial charge is 0.399 e. The molecule has 2 rings (SSSR count). The van der Waals surface area contributed by atoms with E-state index in [1.165, 1.54) is 36.7 Å². The van der Waals surface area contributed by atoms with Gasteiger partial charge in [0.05, 0.1) is 32.6 Å². The van der Waals surface area contributed by atoms with Crippen LogP contribution in [0.5, 0.6) is 0 Å². The summed E-state index contributed by atoms with van der Waals surface area (Å²) in [6.45, 7) is 1.11. The highest BCUT2D eigenvalue weighted by Gasteiger charge is 2.14. The fourth-order valence-electron chi connectivity index (χ4n) is 1.48. The number of sulfonamides is 1. The van der Waals surface area contributed by atoms with E-state index in [9.17, 15) is 8.42 Å². The first-order chi connectivity index (χ1) is 11.1. The fraction of sp³-hybridized carbons (Fsp3) is 0.333. The molecule has 0 amide bonds. The number of aromatic nitrogens is 2. The predicted octanol–water partition coefficient (Wildman–Crippen LogP) is 0.545. The standard InChI is InChI=1S/C10H10N4O2S.C5H14NO/c11-8-2-4-9(5-3-8)17(15,16)14-10-12-6-1-7-13-10;1-6(2,3)4-5-7/h1-7H,11H2,(H,12,13,14);7H,4-5H2,1-3H3/q;+1. The molecule has 0 saturated carbocycles.